The van der Waals surface area contributed by atoms with Gasteiger partial charge in [0, 0.05) is 42.5 Å². The van der Waals surface area contributed by atoms with Crippen LogP contribution >= 0.6 is 11.3 Å². The smallest absolute Gasteiger partial charge is 0.0540 e. The van der Waals surface area contributed by atoms with Crippen molar-refractivity contribution in [1.82, 2.24) is 0 Å². The predicted octanol–water partition coefficient (Wildman–Crippen LogP) is 16.9. The topological polar surface area (TPSA) is 3.24 Å². The van der Waals surface area contributed by atoms with Gasteiger partial charge < -0.3 is 4.90 Å². The molecule has 0 amide bonds. The van der Waals surface area contributed by atoms with E-state index in [0.29, 0.717) is 0 Å². The maximum absolute atomic E-state index is 2.52. The summed E-state index contributed by atoms with van der Waals surface area (Å²) >= 11 is 1.87. The van der Waals surface area contributed by atoms with Crippen LogP contribution in [0.4, 0.5) is 17.1 Å². The predicted molar refractivity (Wildman–Crippen MR) is 257 cm³/mol. The molecule has 1 aliphatic rings. The molecule has 10 rings (SSSR count). The third-order valence-electron chi connectivity index (χ3n) is 12.7. The number of benzene rings is 8. The van der Waals surface area contributed by atoms with Gasteiger partial charge in [0.2, 0.25) is 0 Å². The summed E-state index contributed by atoms with van der Waals surface area (Å²) in [4.78, 5) is 2.50. The molecule has 0 spiro atoms. The lowest BCUT2D eigenvalue weighted by Crippen LogP contribution is -2.21. The third-order valence-corrected chi connectivity index (χ3v) is 13.9. The molecule has 2 heteroatoms. The minimum atomic E-state index is -0.157. The Labute approximate surface area is 353 Å². The molecule has 0 saturated carbocycles. The van der Waals surface area contributed by atoms with Gasteiger partial charge in [-0.15, -0.1) is 11.3 Å². The molecule has 0 saturated heterocycles. The van der Waals surface area contributed by atoms with Gasteiger partial charge in [-0.05, 0) is 108 Å². The van der Waals surface area contributed by atoms with E-state index in [9.17, 15) is 0 Å². The highest BCUT2D eigenvalue weighted by atomic mass is 32.1. The molecule has 1 aliphatic carbocycles. The number of nitrogens with zero attached hydrogens (tertiary/aromatic N) is 1. The average Bonchev–Trinajstić information content (AvgIpc) is 3.71. The normalized spacial score (nSPS) is 13.6. The summed E-state index contributed by atoms with van der Waals surface area (Å²) in [6, 6.07) is 61.5. The first-order valence-electron chi connectivity index (χ1n) is 21.0. The van der Waals surface area contributed by atoms with Gasteiger partial charge in [-0.25, -0.2) is 0 Å². The van der Waals surface area contributed by atoms with Crippen LogP contribution in [-0.4, -0.2) is 0 Å². The van der Waals surface area contributed by atoms with Gasteiger partial charge in [-0.2, -0.15) is 0 Å². The largest absolute Gasteiger partial charge is 0.310 e. The number of rotatable bonds is 5. The third kappa shape index (κ3) is 6.11. The lowest BCUT2D eigenvalue weighted by atomic mass is 9.74. The second-order valence-corrected chi connectivity index (χ2v) is 20.1. The zero-order chi connectivity index (χ0) is 40.8. The fourth-order valence-corrected chi connectivity index (χ4v) is 10.7. The van der Waals surface area contributed by atoms with Crippen molar-refractivity contribution in [3.05, 3.63) is 186 Å². The van der Waals surface area contributed by atoms with Gasteiger partial charge in [0.25, 0.3) is 0 Å². The molecular weight excluding hydrogens is 731 g/mol. The number of anilines is 3. The van der Waals surface area contributed by atoms with E-state index in [1.165, 1.54) is 86.6 Å². The van der Waals surface area contributed by atoms with Crippen LogP contribution in [0.25, 0.3) is 64.3 Å². The van der Waals surface area contributed by atoms with Crippen LogP contribution in [0.15, 0.2) is 164 Å². The molecule has 0 bridgehead atoms. The maximum atomic E-state index is 2.52. The van der Waals surface area contributed by atoms with Crippen molar-refractivity contribution in [2.45, 2.75) is 71.6 Å². The van der Waals surface area contributed by atoms with Crippen molar-refractivity contribution < 1.29 is 0 Å². The van der Waals surface area contributed by atoms with Gasteiger partial charge in [0.05, 0.1) is 5.69 Å². The van der Waals surface area contributed by atoms with E-state index in [4.69, 9.17) is 0 Å². The summed E-state index contributed by atoms with van der Waals surface area (Å²) in [6.07, 6.45) is 0. The monoisotopic (exact) mass is 781 g/mol. The second kappa shape index (κ2) is 13.5. The first-order chi connectivity index (χ1) is 28.3. The van der Waals surface area contributed by atoms with E-state index in [-0.39, 0.29) is 16.2 Å². The van der Waals surface area contributed by atoms with Crippen LogP contribution in [0.3, 0.4) is 0 Å². The molecule has 8 aromatic carbocycles. The summed E-state index contributed by atoms with van der Waals surface area (Å²) < 4.78 is 2.60. The second-order valence-electron chi connectivity index (χ2n) is 19.0. The lowest BCUT2D eigenvalue weighted by Gasteiger charge is -2.31. The van der Waals surface area contributed by atoms with Crippen LogP contribution in [-0.2, 0) is 16.2 Å². The molecule has 0 aliphatic heterocycles. The van der Waals surface area contributed by atoms with Crippen LogP contribution < -0.4 is 4.90 Å². The van der Waals surface area contributed by atoms with Gasteiger partial charge in [-0.1, -0.05) is 183 Å². The Morgan fingerprint density at radius 2 is 1.10 bits per heavy atom. The molecule has 1 nitrogen and oxygen atoms in total. The Bertz CT molecular complexity index is 3100. The van der Waals surface area contributed by atoms with E-state index in [1.54, 1.807) is 0 Å². The molecule has 0 atom stereocenters. The SMILES string of the molecule is CC(C)(C)c1cc(C(C)(C)C)c2c(c1)C(C)(C)c1cccc(-c3ccccc3N(c3cccc(-c4cccc5ccccc45)c3)c3ccc4c(c3)sc3ccccc34)c1-2. The minimum Gasteiger partial charge on any atom is -0.310 e. The summed E-state index contributed by atoms with van der Waals surface area (Å²) in [7, 11) is 0. The summed E-state index contributed by atoms with van der Waals surface area (Å²) in [5.41, 5.74) is 16.6. The lowest BCUT2D eigenvalue weighted by molar-refractivity contribution is 0.564. The van der Waals surface area contributed by atoms with Crippen molar-refractivity contribution in [1.29, 1.82) is 0 Å². The van der Waals surface area contributed by atoms with Crippen molar-refractivity contribution in [2.24, 2.45) is 0 Å². The van der Waals surface area contributed by atoms with Gasteiger partial charge in [0.1, 0.15) is 0 Å². The van der Waals surface area contributed by atoms with Crippen LogP contribution in [0.2, 0.25) is 0 Å². The molecule has 0 radical (unpaired) electrons. The number of thiophene rings is 1. The zero-order valence-corrected chi connectivity index (χ0v) is 36.3. The molecule has 0 unspecified atom stereocenters. The van der Waals surface area contributed by atoms with Crippen molar-refractivity contribution in [3.63, 3.8) is 0 Å². The highest BCUT2D eigenvalue weighted by Crippen LogP contribution is 2.57. The summed E-state index contributed by atoms with van der Waals surface area (Å²) in [5.74, 6) is 0. The molecule has 59 heavy (non-hydrogen) atoms. The highest BCUT2D eigenvalue weighted by Gasteiger charge is 2.41. The van der Waals surface area contributed by atoms with E-state index in [1.807, 2.05) is 11.3 Å². The average molecular weight is 782 g/mol. The van der Waals surface area contributed by atoms with E-state index in [2.05, 4.69) is 224 Å². The molecule has 0 N–H and O–H groups in total. The minimum absolute atomic E-state index is 0.0336. The first-order valence-corrected chi connectivity index (χ1v) is 21.8. The standard InChI is InChI=1S/C57H51NS/c1-55(2,3)38-33-48(56(4,5)6)54-49(34-38)57(7,8)47-27-17-26-46(53(47)54)43-23-11-13-28-50(43)58(40-30-31-45-44-24-12-14-29-51(44)59-52(45)35-40)39-21-15-20-37(32-39)42-25-16-19-36-18-9-10-22-41(36)42/h9-35H,1-8H3. The van der Waals surface area contributed by atoms with E-state index in [0.717, 1.165) is 17.1 Å². The quantitative estimate of drug-likeness (QED) is 0.168. The summed E-state index contributed by atoms with van der Waals surface area (Å²) in [6.45, 7) is 19.0. The molecule has 9 aromatic rings. The Kier molecular flexibility index (Phi) is 8.57. The van der Waals surface area contributed by atoms with Crippen LogP contribution in [0.1, 0.15) is 77.6 Å². The Balaban J connectivity index is 1.24. The highest BCUT2D eigenvalue weighted by molar-refractivity contribution is 7.25. The van der Waals surface area contributed by atoms with Crippen molar-refractivity contribution in [3.8, 4) is 33.4 Å². The number of fused-ring (bicyclic) bond motifs is 7. The van der Waals surface area contributed by atoms with E-state index >= 15 is 0 Å². The summed E-state index contributed by atoms with van der Waals surface area (Å²) in [5, 5.41) is 5.12. The molecule has 1 heterocycles. The molecule has 1 aromatic heterocycles. The van der Waals surface area contributed by atoms with E-state index < -0.39 is 0 Å². The van der Waals surface area contributed by atoms with Crippen LogP contribution in [0.5, 0.6) is 0 Å². The van der Waals surface area contributed by atoms with Crippen molar-refractivity contribution in [2.75, 3.05) is 4.90 Å². The Hall–Kier alpha value is -5.96. The number of hydrogen-bond donors (Lipinski definition) is 0. The fraction of sp³-hybridized carbons (Fsp3) is 0.193. The molecule has 0 fully saturated rings. The van der Waals surface area contributed by atoms with Gasteiger partial charge in [0.15, 0.2) is 0 Å². The van der Waals surface area contributed by atoms with Crippen LogP contribution in [0, 0.1) is 0 Å². The Morgan fingerprint density at radius 3 is 1.92 bits per heavy atom. The number of hydrogen-bond acceptors (Lipinski definition) is 2. The maximum Gasteiger partial charge on any atom is 0.0540 e. The van der Waals surface area contributed by atoms with Gasteiger partial charge >= 0.3 is 0 Å². The van der Waals surface area contributed by atoms with Gasteiger partial charge in [-0.3, -0.25) is 0 Å². The number of para-hydroxylation sites is 1. The molecular formula is C57H51NS. The first kappa shape index (κ1) is 37.3. The van der Waals surface area contributed by atoms with Crippen molar-refractivity contribution >= 4 is 59.3 Å². The Morgan fingerprint density at radius 1 is 0.458 bits per heavy atom. The fourth-order valence-electron chi connectivity index (χ4n) is 9.61. The molecule has 290 valence electrons. The zero-order valence-electron chi connectivity index (χ0n) is 35.4.